The summed E-state index contributed by atoms with van der Waals surface area (Å²) in [5, 5.41) is 6.19. The predicted octanol–water partition coefficient (Wildman–Crippen LogP) is 2.52. The lowest BCUT2D eigenvalue weighted by Gasteiger charge is -2.32. The molecule has 19 heavy (non-hydrogen) atoms. The van der Waals surface area contributed by atoms with Crippen molar-refractivity contribution in [3.8, 4) is 0 Å². The highest BCUT2D eigenvalue weighted by Gasteiger charge is 2.21. The molecule has 1 unspecified atom stereocenters. The van der Waals surface area contributed by atoms with E-state index in [9.17, 15) is 4.79 Å². The molecule has 2 rings (SSSR count). The highest BCUT2D eigenvalue weighted by Crippen LogP contribution is 2.24. The van der Waals surface area contributed by atoms with E-state index in [1.54, 1.807) is 11.3 Å². The zero-order chi connectivity index (χ0) is 13.7. The van der Waals surface area contributed by atoms with Crippen LogP contribution in [0.2, 0.25) is 0 Å². The normalized spacial score (nSPS) is 19.7. The number of nitrogens with zero attached hydrogens (tertiary/aromatic N) is 2. The van der Waals surface area contributed by atoms with Crippen molar-refractivity contribution in [1.29, 1.82) is 0 Å². The molecule has 0 bridgehead atoms. The van der Waals surface area contributed by atoms with E-state index in [2.05, 4.69) is 29.0 Å². The maximum absolute atomic E-state index is 11.7. The quantitative estimate of drug-likeness (QED) is 0.902. The fourth-order valence-corrected chi connectivity index (χ4v) is 3.16. The molecular weight excluding hydrogens is 258 g/mol. The Hall–Kier alpha value is -1.10. The lowest BCUT2D eigenvalue weighted by molar-refractivity contribution is -0.121. The molecule has 1 atom stereocenters. The van der Waals surface area contributed by atoms with Crippen molar-refractivity contribution in [3.05, 3.63) is 11.6 Å². The molecule has 0 spiro atoms. The third kappa shape index (κ3) is 4.49. The molecule has 1 aromatic heterocycles. The van der Waals surface area contributed by atoms with Gasteiger partial charge in [0.1, 0.15) is 0 Å². The Morgan fingerprint density at radius 2 is 2.47 bits per heavy atom. The van der Waals surface area contributed by atoms with Gasteiger partial charge in [0.25, 0.3) is 0 Å². The first-order valence-corrected chi connectivity index (χ1v) is 7.94. The Labute approximate surface area is 119 Å². The molecule has 1 amide bonds. The maximum Gasteiger partial charge on any atom is 0.220 e. The second-order valence-corrected chi connectivity index (χ2v) is 6.54. The van der Waals surface area contributed by atoms with Crippen LogP contribution in [0.1, 0.15) is 33.1 Å². The lowest BCUT2D eigenvalue weighted by atomic mass is 9.98. The van der Waals surface area contributed by atoms with Gasteiger partial charge in [-0.15, -0.1) is 11.3 Å². The number of nitrogens with one attached hydrogen (secondary N) is 1. The highest BCUT2D eigenvalue weighted by molar-refractivity contribution is 7.13. The van der Waals surface area contributed by atoms with Crippen LogP contribution >= 0.6 is 11.3 Å². The van der Waals surface area contributed by atoms with Gasteiger partial charge in [-0.1, -0.05) is 13.8 Å². The second-order valence-electron chi connectivity index (χ2n) is 5.67. The molecule has 1 aliphatic rings. The van der Waals surface area contributed by atoms with Crippen molar-refractivity contribution in [3.63, 3.8) is 0 Å². The molecule has 1 aliphatic heterocycles. The van der Waals surface area contributed by atoms with Gasteiger partial charge in [-0.05, 0) is 24.7 Å². The fourth-order valence-electron chi connectivity index (χ4n) is 2.48. The fraction of sp³-hybridized carbons (Fsp3) is 0.714. The average Bonchev–Trinajstić information content (AvgIpc) is 2.90. The number of thiazole rings is 1. The first-order valence-electron chi connectivity index (χ1n) is 7.06. The van der Waals surface area contributed by atoms with Crippen LogP contribution in [-0.4, -0.2) is 30.5 Å². The third-order valence-electron chi connectivity index (χ3n) is 3.39. The van der Waals surface area contributed by atoms with Crippen molar-refractivity contribution in [2.75, 3.05) is 24.5 Å². The number of piperidine rings is 1. The number of aromatic nitrogens is 1. The summed E-state index contributed by atoms with van der Waals surface area (Å²) in [5.41, 5.74) is 0. The van der Waals surface area contributed by atoms with Gasteiger partial charge >= 0.3 is 0 Å². The minimum atomic E-state index is 0.182. The topological polar surface area (TPSA) is 45.2 Å². The van der Waals surface area contributed by atoms with Crippen molar-refractivity contribution in [2.24, 2.45) is 11.8 Å². The molecule has 1 fully saturated rings. The van der Waals surface area contributed by atoms with E-state index in [-0.39, 0.29) is 5.91 Å². The second kappa shape index (κ2) is 6.89. The molecule has 1 N–H and O–H groups in total. The number of carbonyl (C=O) groups is 1. The maximum atomic E-state index is 11.7. The Balaban J connectivity index is 1.77. The zero-order valence-corrected chi connectivity index (χ0v) is 12.6. The number of rotatable bonds is 5. The Morgan fingerprint density at radius 1 is 1.63 bits per heavy atom. The molecule has 2 heterocycles. The molecule has 0 radical (unpaired) electrons. The summed E-state index contributed by atoms with van der Waals surface area (Å²) in [5.74, 6) is 1.16. The van der Waals surface area contributed by atoms with Gasteiger partial charge in [0.15, 0.2) is 5.13 Å². The van der Waals surface area contributed by atoms with Crippen molar-refractivity contribution in [1.82, 2.24) is 10.3 Å². The van der Waals surface area contributed by atoms with Gasteiger partial charge in [0, 0.05) is 37.6 Å². The molecule has 0 saturated carbocycles. The summed E-state index contributed by atoms with van der Waals surface area (Å²) >= 11 is 1.69. The first kappa shape index (κ1) is 14.3. The smallest absolute Gasteiger partial charge is 0.220 e. The van der Waals surface area contributed by atoms with E-state index < -0.39 is 0 Å². The average molecular weight is 281 g/mol. The monoisotopic (exact) mass is 281 g/mol. The molecule has 0 aromatic carbocycles. The first-order chi connectivity index (χ1) is 9.15. The van der Waals surface area contributed by atoms with E-state index in [1.165, 1.54) is 12.8 Å². The number of hydrogen-bond donors (Lipinski definition) is 1. The standard InChI is InChI=1S/C14H23N3OS/c1-11(2)8-13(18)16-9-12-4-3-6-17(10-12)14-15-5-7-19-14/h5,7,11-12H,3-4,6,8-10H2,1-2H3,(H,16,18). The molecule has 5 heteroatoms. The minimum Gasteiger partial charge on any atom is -0.356 e. The molecular formula is C14H23N3OS. The summed E-state index contributed by atoms with van der Waals surface area (Å²) in [6, 6.07) is 0. The molecule has 4 nitrogen and oxygen atoms in total. The van der Waals surface area contributed by atoms with E-state index in [4.69, 9.17) is 0 Å². The predicted molar refractivity (Wildman–Crippen MR) is 79.5 cm³/mol. The van der Waals surface area contributed by atoms with Crippen LogP contribution in [0, 0.1) is 11.8 Å². The van der Waals surface area contributed by atoms with Crippen LogP contribution in [0.15, 0.2) is 11.6 Å². The largest absolute Gasteiger partial charge is 0.356 e. The number of amides is 1. The summed E-state index contributed by atoms with van der Waals surface area (Å²) in [7, 11) is 0. The van der Waals surface area contributed by atoms with Crippen LogP contribution in [0.3, 0.4) is 0 Å². The SMILES string of the molecule is CC(C)CC(=O)NCC1CCCN(c2nccs2)C1. The van der Waals surface area contributed by atoms with Gasteiger partial charge < -0.3 is 10.2 Å². The summed E-state index contributed by atoms with van der Waals surface area (Å²) < 4.78 is 0. The number of hydrogen-bond acceptors (Lipinski definition) is 4. The van der Waals surface area contributed by atoms with Gasteiger partial charge in [0.2, 0.25) is 5.91 Å². The Bertz CT molecular complexity index is 391. The molecule has 0 aliphatic carbocycles. The van der Waals surface area contributed by atoms with E-state index in [0.29, 0.717) is 18.3 Å². The van der Waals surface area contributed by atoms with Gasteiger partial charge in [-0.2, -0.15) is 0 Å². The summed E-state index contributed by atoms with van der Waals surface area (Å²) in [6.07, 6.45) is 4.87. The summed E-state index contributed by atoms with van der Waals surface area (Å²) in [6.45, 7) is 7.04. The molecule has 106 valence electrons. The van der Waals surface area contributed by atoms with Crippen LogP contribution in [-0.2, 0) is 4.79 Å². The van der Waals surface area contributed by atoms with Crippen molar-refractivity contribution in [2.45, 2.75) is 33.1 Å². The number of carbonyl (C=O) groups excluding carboxylic acids is 1. The Morgan fingerprint density at radius 3 is 3.16 bits per heavy atom. The van der Waals surface area contributed by atoms with E-state index >= 15 is 0 Å². The molecule has 1 saturated heterocycles. The van der Waals surface area contributed by atoms with Gasteiger partial charge in [0.05, 0.1) is 0 Å². The van der Waals surface area contributed by atoms with Crippen LogP contribution in [0.4, 0.5) is 5.13 Å². The third-order valence-corrected chi connectivity index (χ3v) is 4.22. The van der Waals surface area contributed by atoms with E-state index in [0.717, 1.165) is 24.8 Å². The van der Waals surface area contributed by atoms with Crippen molar-refractivity contribution >= 4 is 22.4 Å². The van der Waals surface area contributed by atoms with Gasteiger partial charge in [-0.3, -0.25) is 4.79 Å². The summed E-state index contributed by atoms with van der Waals surface area (Å²) in [4.78, 5) is 18.4. The Kier molecular flexibility index (Phi) is 5.19. The van der Waals surface area contributed by atoms with Gasteiger partial charge in [-0.25, -0.2) is 4.98 Å². The van der Waals surface area contributed by atoms with Crippen LogP contribution in [0.5, 0.6) is 0 Å². The lowest BCUT2D eigenvalue weighted by Crippen LogP contribution is -2.41. The number of anilines is 1. The minimum absolute atomic E-state index is 0.182. The van der Waals surface area contributed by atoms with Crippen LogP contribution < -0.4 is 10.2 Å². The van der Waals surface area contributed by atoms with Crippen LogP contribution in [0.25, 0.3) is 0 Å². The molecule has 1 aromatic rings. The highest BCUT2D eigenvalue weighted by atomic mass is 32.1. The zero-order valence-electron chi connectivity index (χ0n) is 11.8. The van der Waals surface area contributed by atoms with E-state index in [1.807, 2.05) is 11.6 Å². The van der Waals surface area contributed by atoms with Crippen molar-refractivity contribution < 1.29 is 4.79 Å².